The van der Waals surface area contributed by atoms with Gasteiger partial charge in [0.2, 0.25) is 0 Å². The minimum atomic E-state index is 0. The Bertz CT molecular complexity index is 811. The number of anilines is 1. The molecule has 1 aliphatic rings. The topological polar surface area (TPSA) is 78.1 Å². The monoisotopic (exact) mass is 483 g/mol. The van der Waals surface area contributed by atoms with Crippen LogP contribution in [0.25, 0.3) is 0 Å². The first-order valence-electron chi connectivity index (χ1n) is 8.75. The van der Waals surface area contributed by atoms with E-state index < -0.39 is 0 Å². The summed E-state index contributed by atoms with van der Waals surface area (Å²) in [6.07, 6.45) is 1.09. The van der Waals surface area contributed by atoms with Gasteiger partial charge in [0.25, 0.3) is 0 Å². The lowest BCUT2D eigenvalue weighted by molar-refractivity contribution is 0.254. The van der Waals surface area contributed by atoms with Crippen LogP contribution in [0.4, 0.5) is 5.69 Å². The van der Waals surface area contributed by atoms with Gasteiger partial charge < -0.3 is 25.3 Å². The zero-order valence-electron chi connectivity index (χ0n) is 15.8. The van der Waals surface area contributed by atoms with Crippen LogP contribution in [0, 0.1) is 0 Å². The third-order valence-corrected chi connectivity index (χ3v) is 4.14. The van der Waals surface area contributed by atoms with Crippen LogP contribution in [-0.2, 0) is 13.0 Å². The van der Waals surface area contributed by atoms with Crippen molar-refractivity contribution in [3.63, 3.8) is 0 Å². The standard InChI is InChI=1S/C20H25N3O3.HI/c1-4-25-18-9-14-8-13(2)26-19(14)10-15(18)12-22-20(21)23-16-6-5-7-17(11-16)24-3;/h5-7,9-11,13H,4,8,12H2,1-3H3,(H3,21,22,23);1H. The molecule has 1 unspecified atom stereocenters. The summed E-state index contributed by atoms with van der Waals surface area (Å²) < 4.78 is 16.8. The molecule has 3 rings (SSSR count). The molecule has 0 bridgehead atoms. The fourth-order valence-electron chi connectivity index (χ4n) is 2.95. The second-order valence-corrected chi connectivity index (χ2v) is 6.19. The van der Waals surface area contributed by atoms with Gasteiger partial charge in [0, 0.05) is 29.3 Å². The fraction of sp³-hybridized carbons (Fsp3) is 0.350. The first-order chi connectivity index (χ1) is 12.6. The molecule has 0 amide bonds. The molecule has 1 heterocycles. The van der Waals surface area contributed by atoms with Gasteiger partial charge in [0.05, 0.1) is 20.3 Å². The highest BCUT2D eigenvalue weighted by Crippen LogP contribution is 2.35. The number of ether oxygens (including phenoxy) is 3. The Morgan fingerprint density at radius 2 is 2.15 bits per heavy atom. The molecular weight excluding hydrogens is 457 g/mol. The van der Waals surface area contributed by atoms with Gasteiger partial charge >= 0.3 is 0 Å². The van der Waals surface area contributed by atoms with E-state index in [2.05, 4.69) is 23.3 Å². The summed E-state index contributed by atoms with van der Waals surface area (Å²) in [5, 5.41) is 3.07. The molecule has 1 atom stereocenters. The number of nitrogens with two attached hydrogens (primary N) is 1. The van der Waals surface area contributed by atoms with Crippen molar-refractivity contribution in [2.45, 2.75) is 32.9 Å². The van der Waals surface area contributed by atoms with Crippen molar-refractivity contribution < 1.29 is 14.2 Å². The van der Waals surface area contributed by atoms with Gasteiger partial charge in [-0.25, -0.2) is 4.99 Å². The number of benzene rings is 2. The van der Waals surface area contributed by atoms with Crippen molar-refractivity contribution >= 4 is 35.6 Å². The molecule has 27 heavy (non-hydrogen) atoms. The Hall–Kier alpha value is -2.16. The lowest BCUT2D eigenvalue weighted by atomic mass is 10.1. The quantitative estimate of drug-likeness (QED) is 0.370. The number of hydrogen-bond acceptors (Lipinski definition) is 4. The normalized spacial score (nSPS) is 15.4. The third-order valence-electron chi connectivity index (χ3n) is 4.14. The van der Waals surface area contributed by atoms with Gasteiger partial charge in [-0.2, -0.15) is 0 Å². The summed E-state index contributed by atoms with van der Waals surface area (Å²) in [6.45, 7) is 5.04. The maximum atomic E-state index is 6.03. The smallest absolute Gasteiger partial charge is 0.193 e. The van der Waals surface area contributed by atoms with Crippen LogP contribution in [0.2, 0.25) is 0 Å². The largest absolute Gasteiger partial charge is 0.497 e. The fourth-order valence-corrected chi connectivity index (χ4v) is 2.95. The molecule has 3 N–H and O–H groups in total. The minimum Gasteiger partial charge on any atom is -0.497 e. The van der Waals surface area contributed by atoms with E-state index in [-0.39, 0.29) is 30.1 Å². The van der Waals surface area contributed by atoms with Gasteiger partial charge in [0.1, 0.15) is 23.4 Å². The highest BCUT2D eigenvalue weighted by Gasteiger charge is 2.21. The molecule has 0 spiro atoms. The highest BCUT2D eigenvalue weighted by molar-refractivity contribution is 14.0. The van der Waals surface area contributed by atoms with E-state index >= 15 is 0 Å². The Balaban J connectivity index is 0.00000261. The van der Waals surface area contributed by atoms with Crippen molar-refractivity contribution in [3.05, 3.63) is 47.5 Å². The molecule has 7 heteroatoms. The van der Waals surface area contributed by atoms with Crippen LogP contribution in [0.15, 0.2) is 41.4 Å². The van der Waals surface area contributed by atoms with Crippen LogP contribution < -0.4 is 25.3 Å². The van der Waals surface area contributed by atoms with Crippen molar-refractivity contribution in [3.8, 4) is 17.2 Å². The number of nitrogens with one attached hydrogen (secondary N) is 1. The SMILES string of the molecule is CCOc1cc2c(cc1CN=C(N)Nc1cccc(OC)c1)OC(C)C2.I. The van der Waals surface area contributed by atoms with Gasteiger partial charge in [-0.15, -0.1) is 24.0 Å². The van der Waals surface area contributed by atoms with Crippen LogP contribution in [0.3, 0.4) is 0 Å². The molecule has 0 radical (unpaired) electrons. The summed E-state index contributed by atoms with van der Waals surface area (Å²) in [6, 6.07) is 11.6. The number of fused-ring (bicyclic) bond motifs is 1. The van der Waals surface area contributed by atoms with E-state index in [1.807, 2.05) is 37.3 Å². The van der Waals surface area contributed by atoms with E-state index in [1.54, 1.807) is 7.11 Å². The molecule has 0 fully saturated rings. The first kappa shape index (κ1) is 21.1. The highest BCUT2D eigenvalue weighted by atomic mass is 127. The Labute approximate surface area is 177 Å². The van der Waals surface area contributed by atoms with Crippen molar-refractivity contribution in [2.75, 3.05) is 19.0 Å². The lowest BCUT2D eigenvalue weighted by Gasteiger charge is -2.12. The minimum absolute atomic E-state index is 0. The number of hydrogen-bond donors (Lipinski definition) is 2. The van der Waals surface area contributed by atoms with Crippen molar-refractivity contribution in [1.82, 2.24) is 0 Å². The maximum Gasteiger partial charge on any atom is 0.193 e. The Morgan fingerprint density at radius 3 is 2.89 bits per heavy atom. The van der Waals surface area contributed by atoms with Gasteiger partial charge in [-0.3, -0.25) is 0 Å². The second-order valence-electron chi connectivity index (χ2n) is 6.19. The van der Waals surface area contributed by atoms with E-state index in [4.69, 9.17) is 19.9 Å². The molecule has 0 saturated heterocycles. The molecule has 1 aliphatic heterocycles. The summed E-state index contributed by atoms with van der Waals surface area (Å²) in [5.41, 5.74) is 8.98. The summed E-state index contributed by atoms with van der Waals surface area (Å²) in [7, 11) is 1.63. The number of guanidine groups is 1. The lowest BCUT2D eigenvalue weighted by Crippen LogP contribution is -2.22. The molecular formula is C20H26IN3O3. The van der Waals surface area contributed by atoms with E-state index in [1.165, 1.54) is 5.56 Å². The predicted octanol–water partition coefficient (Wildman–Crippen LogP) is 3.96. The van der Waals surface area contributed by atoms with Gasteiger partial charge in [-0.1, -0.05) is 6.07 Å². The number of nitrogens with zero attached hydrogens (tertiary/aromatic N) is 1. The Kier molecular flexibility index (Phi) is 7.58. The summed E-state index contributed by atoms with van der Waals surface area (Å²) >= 11 is 0. The average molecular weight is 483 g/mol. The molecule has 146 valence electrons. The maximum absolute atomic E-state index is 6.03. The molecule has 6 nitrogen and oxygen atoms in total. The summed E-state index contributed by atoms with van der Waals surface area (Å²) in [5.74, 6) is 2.83. The van der Waals surface area contributed by atoms with Crippen LogP contribution in [0.1, 0.15) is 25.0 Å². The zero-order chi connectivity index (χ0) is 18.5. The molecule has 2 aromatic rings. The molecule has 0 aromatic heterocycles. The molecule has 0 aliphatic carbocycles. The second kappa shape index (κ2) is 9.68. The van der Waals surface area contributed by atoms with E-state index in [0.29, 0.717) is 19.1 Å². The molecule has 0 saturated carbocycles. The summed E-state index contributed by atoms with van der Waals surface area (Å²) in [4.78, 5) is 4.44. The predicted molar refractivity (Wildman–Crippen MR) is 119 cm³/mol. The number of methoxy groups -OCH3 is 1. The number of halogens is 1. The van der Waals surface area contributed by atoms with Crippen molar-refractivity contribution in [2.24, 2.45) is 10.7 Å². The Morgan fingerprint density at radius 1 is 1.33 bits per heavy atom. The van der Waals surface area contributed by atoms with Crippen molar-refractivity contribution in [1.29, 1.82) is 0 Å². The van der Waals surface area contributed by atoms with E-state index in [0.717, 1.165) is 34.9 Å². The van der Waals surface area contributed by atoms with Crippen LogP contribution in [0.5, 0.6) is 17.2 Å². The van der Waals surface area contributed by atoms with Crippen LogP contribution in [-0.4, -0.2) is 25.8 Å². The van der Waals surface area contributed by atoms with E-state index in [9.17, 15) is 0 Å². The zero-order valence-corrected chi connectivity index (χ0v) is 18.2. The number of rotatable bonds is 6. The van der Waals surface area contributed by atoms with Crippen LogP contribution >= 0.6 is 24.0 Å². The first-order valence-corrected chi connectivity index (χ1v) is 8.75. The van der Waals surface area contributed by atoms with Gasteiger partial charge in [-0.05, 0) is 38.1 Å². The third kappa shape index (κ3) is 5.41. The molecule has 2 aromatic carbocycles. The number of aliphatic imine (C=N–C) groups is 1. The average Bonchev–Trinajstić information content (AvgIpc) is 2.99. The van der Waals surface area contributed by atoms with Gasteiger partial charge in [0.15, 0.2) is 5.96 Å².